The van der Waals surface area contributed by atoms with Gasteiger partial charge in [-0.05, 0) is 0 Å². The van der Waals surface area contributed by atoms with E-state index in [1.165, 1.54) is 0 Å². The van der Waals surface area contributed by atoms with Crippen molar-refractivity contribution in [2.45, 2.75) is 0 Å². The Morgan fingerprint density at radius 1 is 1.17 bits per heavy atom. The van der Waals surface area contributed by atoms with Crippen molar-refractivity contribution in [3.63, 3.8) is 0 Å². The van der Waals surface area contributed by atoms with Crippen LogP contribution in [0, 0.1) is 0 Å². The smallest absolute Gasteiger partial charge is 0.275 e. The minimum absolute atomic E-state index is 0.00531. The third-order valence-corrected chi connectivity index (χ3v) is 2.08. The van der Waals surface area contributed by atoms with Gasteiger partial charge in [0.25, 0.3) is 5.91 Å². The molecule has 0 unspecified atom stereocenters. The summed E-state index contributed by atoms with van der Waals surface area (Å²) in [6, 6.07) is 8.31. The van der Waals surface area contributed by atoms with E-state index in [1.807, 2.05) is 0 Å². The van der Waals surface area contributed by atoms with Crippen molar-refractivity contribution in [1.29, 1.82) is 0 Å². The minimum atomic E-state index is -0.747. The summed E-state index contributed by atoms with van der Waals surface area (Å²) in [5.41, 5.74) is -0.169. The van der Waals surface area contributed by atoms with Crippen molar-refractivity contribution >= 4 is 17.3 Å². The van der Waals surface area contributed by atoms with Gasteiger partial charge in [0.2, 0.25) is 0 Å². The van der Waals surface area contributed by atoms with Crippen molar-refractivity contribution in [3.8, 4) is 0 Å². The Labute approximate surface area is 103 Å². The van der Waals surface area contributed by atoms with E-state index in [-0.39, 0.29) is 18.9 Å². The molecule has 0 aliphatic rings. The number of aliphatic hydroxyl groups is 1. The fraction of sp³-hybridized carbons (Fsp3) is 0.182. The zero-order valence-corrected chi connectivity index (χ0v) is 9.45. The molecule has 0 aromatic heterocycles. The number of rotatable bonds is 5. The average molecular weight is 251 g/mol. The summed E-state index contributed by atoms with van der Waals surface area (Å²) < 4.78 is 0. The van der Waals surface area contributed by atoms with Crippen LogP contribution in [0.1, 0.15) is 5.56 Å². The Morgan fingerprint density at radius 2 is 1.83 bits per heavy atom. The highest BCUT2D eigenvalue weighted by molar-refractivity contribution is 6.69. The molecule has 1 rings (SSSR count). The van der Waals surface area contributed by atoms with Crippen molar-refractivity contribution < 1.29 is 20.3 Å². The predicted molar refractivity (Wildman–Crippen MR) is 64.1 cm³/mol. The molecule has 1 aromatic carbocycles. The summed E-state index contributed by atoms with van der Waals surface area (Å²) in [4.78, 5) is 11.6. The maximum absolute atomic E-state index is 11.6. The Bertz CT molecular complexity index is 457. The third kappa shape index (κ3) is 3.29. The van der Waals surface area contributed by atoms with Crippen molar-refractivity contribution in [3.05, 3.63) is 35.9 Å². The first-order valence-electron chi connectivity index (χ1n) is 5.13. The van der Waals surface area contributed by atoms with Crippen LogP contribution >= 0.6 is 0 Å². The fourth-order valence-corrected chi connectivity index (χ4v) is 1.29. The maximum atomic E-state index is 11.6. The zero-order chi connectivity index (χ0) is 13.4. The van der Waals surface area contributed by atoms with E-state index < -0.39 is 11.6 Å². The van der Waals surface area contributed by atoms with Gasteiger partial charge in [-0.15, -0.1) is 0 Å². The number of benzene rings is 1. The predicted octanol–water partition coefficient (Wildman–Crippen LogP) is -0.196. The van der Waals surface area contributed by atoms with Gasteiger partial charge >= 0.3 is 0 Å². The van der Waals surface area contributed by atoms with Crippen LogP contribution in [0.2, 0.25) is 0 Å². The molecule has 0 radical (unpaired) electrons. The highest BCUT2D eigenvalue weighted by atomic mass is 16.4. The van der Waals surface area contributed by atoms with Gasteiger partial charge in [0.15, 0.2) is 5.71 Å². The van der Waals surface area contributed by atoms with E-state index in [2.05, 4.69) is 15.6 Å². The molecule has 0 atom stereocenters. The van der Waals surface area contributed by atoms with Gasteiger partial charge in [-0.1, -0.05) is 40.6 Å². The molecule has 1 aromatic rings. The highest BCUT2D eigenvalue weighted by Crippen LogP contribution is 2.03. The number of aliphatic hydroxyl groups excluding tert-OH is 1. The number of carbonyl (C=O) groups is 1. The first-order chi connectivity index (χ1) is 8.74. The third-order valence-electron chi connectivity index (χ3n) is 2.08. The number of carbonyl (C=O) groups excluding carboxylic acids is 1. The van der Waals surface area contributed by atoms with E-state index in [1.54, 1.807) is 30.3 Å². The van der Waals surface area contributed by atoms with Gasteiger partial charge in [0, 0.05) is 12.1 Å². The normalized spacial score (nSPS) is 12.3. The molecule has 0 aliphatic carbocycles. The lowest BCUT2D eigenvalue weighted by molar-refractivity contribution is -0.114. The fourth-order valence-electron chi connectivity index (χ4n) is 1.29. The molecule has 0 aliphatic heterocycles. The van der Waals surface area contributed by atoms with Crippen LogP contribution in [-0.2, 0) is 4.79 Å². The van der Waals surface area contributed by atoms with Gasteiger partial charge in [0.05, 0.1) is 6.61 Å². The molecular weight excluding hydrogens is 238 g/mol. The van der Waals surface area contributed by atoms with Crippen LogP contribution in [0.3, 0.4) is 0 Å². The lowest BCUT2D eigenvalue weighted by Crippen LogP contribution is -2.37. The highest BCUT2D eigenvalue weighted by Gasteiger charge is 2.20. The zero-order valence-electron chi connectivity index (χ0n) is 9.45. The molecule has 0 fully saturated rings. The van der Waals surface area contributed by atoms with Gasteiger partial charge < -0.3 is 20.8 Å². The lowest BCUT2D eigenvalue weighted by atomic mass is 10.1. The summed E-state index contributed by atoms with van der Waals surface area (Å²) >= 11 is 0. The summed E-state index contributed by atoms with van der Waals surface area (Å²) in [7, 11) is 0. The van der Waals surface area contributed by atoms with Crippen molar-refractivity contribution in [2.24, 2.45) is 10.3 Å². The number of oxime groups is 2. The molecule has 18 heavy (non-hydrogen) atoms. The Morgan fingerprint density at radius 3 is 2.33 bits per heavy atom. The second-order valence-electron chi connectivity index (χ2n) is 3.24. The molecule has 0 saturated heterocycles. The van der Waals surface area contributed by atoms with Crippen LogP contribution in [0.4, 0.5) is 0 Å². The molecular formula is C11H13N3O4. The van der Waals surface area contributed by atoms with E-state index >= 15 is 0 Å². The van der Waals surface area contributed by atoms with Crippen molar-refractivity contribution in [1.82, 2.24) is 5.32 Å². The van der Waals surface area contributed by atoms with Crippen LogP contribution in [0.5, 0.6) is 0 Å². The van der Waals surface area contributed by atoms with Gasteiger partial charge in [0.1, 0.15) is 5.71 Å². The molecule has 96 valence electrons. The molecule has 0 heterocycles. The molecule has 4 N–H and O–H groups in total. The van der Waals surface area contributed by atoms with Gasteiger partial charge in [-0.25, -0.2) is 0 Å². The Balaban J connectivity index is 2.97. The van der Waals surface area contributed by atoms with Crippen LogP contribution in [0.25, 0.3) is 0 Å². The molecule has 1 amide bonds. The number of nitrogens with one attached hydrogen (secondary N) is 1. The second-order valence-corrected chi connectivity index (χ2v) is 3.24. The van der Waals surface area contributed by atoms with E-state index in [9.17, 15) is 4.79 Å². The standard InChI is InChI=1S/C11H13N3O4/c15-7-6-12-11(16)10(14-18)9(13-17)8-4-2-1-3-5-8/h1-5,15,17-18H,6-7H2,(H,12,16). The Kier molecular flexibility index (Phi) is 5.33. The molecule has 0 saturated carbocycles. The lowest BCUT2D eigenvalue weighted by Gasteiger charge is -2.07. The van der Waals surface area contributed by atoms with Gasteiger partial charge in [-0.3, -0.25) is 4.79 Å². The summed E-state index contributed by atoms with van der Waals surface area (Å²) in [5, 5.41) is 34.4. The Hall–Kier alpha value is -2.41. The topological polar surface area (TPSA) is 115 Å². The van der Waals surface area contributed by atoms with Crippen molar-refractivity contribution in [2.75, 3.05) is 13.2 Å². The van der Waals surface area contributed by atoms with Crippen LogP contribution < -0.4 is 5.32 Å². The molecule has 0 spiro atoms. The summed E-state index contributed by atoms with van der Waals surface area (Å²) in [6.45, 7) is -0.243. The SMILES string of the molecule is O=C(NCCO)C(=NO)C(=NO)c1ccccc1. The summed E-state index contributed by atoms with van der Waals surface area (Å²) in [5.74, 6) is -0.747. The van der Waals surface area contributed by atoms with Gasteiger partial charge in [-0.2, -0.15) is 0 Å². The van der Waals surface area contributed by atoms with E-state index in [0.717, 1.165) is 0 Å². The van der Waals surface area contributed by atoms with Crippen LogP contribution in [0.15, 0.2) is 40.6 Å². The number of nitrogens with zero attached hydrogens (tertiary/aromatic N) is 2. The monoisotopic (exact) mass is 251 g/mol. The quantitative estimate of drug-likeness (QED) is 0.329. The number of amides is 1. The largest absolute Gasteiger partial charge is 0.410 e. The number of hydrogen-bond acceptors (Lipinski definition) is 6. The molecule has 0 bridgehead atoms. The first-order valence-corrected chi connectivity index (χ1v) is 5.13. The maximum Gasteiger partial charge on any atom is 0.275 e. The first kappa shape index (κ1) is 13.7. The second kappa shape index (κ2) is 7.02. The minimum Gasteiger partial charge on any atom is -0.410 e. The van der Waals surface area contributed by atoms with E-state index in [0.29, 0.717) is 5.56 Å². The summed E-state index contributed by atoms with van der Waals surface area (Å²) in [6.07, 6.45) is 0. The molecule has 7 heteroatoms. The number of hydrogen-bond donors (Lipinski definition) is 4. The van der Waals surface area contributed by atoms with E-state index in [4.69, 9.17) is 15.5 Å². The van der Waals surface area contributed by atoms with Crippen LogP contribution in [-0.4, -0.2) is 46.0 Å². The molecule has 7 nitrogen and oxygen atoms in total. The average Bonchev–Trinajstić information content (AvgIpc) is 2.42.